The Morgan fingerprint density at radius 1 is 1.24 bits per heavy atom. The minimum absolute atomic E-state index is 0.0411. The van der Waals surface area contributed by atoms with Crippen molar-refractivity contribution in [1.82, 2.24) is 25.0 Å². The second-order valence-electron chi connectivity index (χ2n) is 6.54. The van der Waals surface area contributed by atoms with Gasteiger partial charge in [-0.3, -0.25) is 0 Å². The Morgan fingerprint density at radius 3 is 2.92 bits per heavy atom. The number of nitrogens with zero attached hydrogens (tertiary/aromatic N) is 4. The van der Waals surface area contributed by atoms with Crippen molar-refractivity contribution in [2.45, 2.75) is 44.4 Å². The lowest BCUT2D eigenvalue weighted by molar-refractivity contribution is 0.0520. The van der Waals surface area contributed by atoms with E-state index in [9.17, 15) is 4.79 Å². The Balaban J connectivity index is 1.40. The molecule has 7 heteroatoms. The highest BCUT2D eigenvalue weighted by atomic mass is 16.5. The van der Waals surface area contributed by atoms with Gasteiger partial charge in [0.15, 0.2) is 5.82 Å². The van der Waals surface area contributed by atoms with Crippen LogP contribution in [0, 0.1) is 0 Å². The van der Waals surface area contributed by atoms with Crippen LogP contribution < -0.4 is 5.32 Å². The Hall–Kier alpha value is -2.41. The average molecular weight is 341 g/mol. The van der Waals surface area contributed by atoms with Crippen molar-refractivity contribution in [3.8, 4) is 5.69 Å². The van der Waals surface area contributed by atoms with Crippen molar-refractivity contribution in [1.29, 1.82) is 0 Å². The van der Waals surface area contributed by atoms with Gasteiger partial charge in [0.2, 0.25) is 0 Å². The number of aromatic nitrogens is 3. The smallest absolute Gasteiger partial charge is 0.318 e. The summed E-state index contributed by atoms with van der Waals surface area (Å²) in [6.07, 6.45) is 5.92. The highest BCUT2D eigenvalue weighted by Crippen LogP contribution is 2.27. The lowest BCUT2D eigenvalue weighted by Gasteiger charge is -2.28. The summed E-state index contributed by atoms with van der Waals surface area (Å²) in [5.41, 5.74) is 0.933. The molecule has 0 spiro atoms. The van der Waals surface area contributed by atoms with Gasteiger partial charge in [-0.05, 0) is 37.8 Å². The molecule has 2 aromatic rings. The Bertz CT molecular complexity index is 711. The number of likely N-dealkylation sites (tertiary alicyclic amines) is 1. The van der Waals surface area contributed by atoms with E-state index in [-0.39, 0.29) is 18.2 Å². The van der Waals surface area contributed by atoms with E-state index < -0.39 is 0 Å². The van der Waals surface area contributed by atoms with Crippen LogP contribution in [-0.2, 0) is 11.3 Å². The molecule has 2 aliphatic rings. The van der Waals surface area contributed by atoms with Gasteiger partial charge in [0, 0.05) is 13.2 Å². The number of benzene rings is 1. The van der Waals surface area contributed by atoms with E-state index in [1.54, 1.807) is 4.68 Å². The molecule has 0 radical (unpaired) electrons. The number of urea groups is 1. The molecular weight excluding hydrogens is 318 g/mol. The van der Waals surface area contributed by atoms with Crippen LogP contribution in [0.3, 0.4) is 0 Å². The first-order valence-electron chi connectivity index (χ1n) is 8.93. The summed E-state index contributed by atoms with van der Waals surface area (Å²) in [6, 6.07) is 9.96. The van der Waals surface area contributed by atoms with Crippen molar-refractivity contribution < 1.29 is 9.53 Å². The Morgan fingerprint density at radius 2 is 2.12 bits per heavy atom. The van der Waals surface area contributed by atoms with Gasteiger partial charge >= 0.3 is 6.03 Å². The molecule has 2 atom stereocenters. The number of amides is 2. The maximum Gasteiger partial charge on any atom is 0.318 e. The lowest BCUT2D eigenvalue weighted by atomic mass is 10.1. The number of carbonyl (C=O) groups is 1. The third kappa shape index (κ3) is 3.37. The fourth-order valence-electron chi connectivity index (χ4n) is 3.76. The van der Waals surface area contributed by atoms with Gasteiger partial charge in [-0.1, -0.05) is 18.2 Å². The maximum atomic E-state index is 12.7. The van der Waals surface area contributed by atoms with Crippen molar-refractivity contribution in [3.05, 3.63) is 42.5 Å². The monoisotopic (exact) mass is 341 g/mol. The molecule has 7 nitrogen and oxygen atoms in total. The molecule has 2 aliphatic heterocycles. The Labute approximate surface area is 147 Å². The molecule has 1 aromatic carbocycles. The van der Waals surface area contributed by atoms with Gasteiger partial charge in [0.05, 0.1) is 24.4 Å². The van der Waals surface area contributed by atoms with E-state index in [2.05, 4.69) is 15.4 Å². The lowest BCUT2D eigenvalue weighted by Crippen LogP contribution is -2.47. The summed E-state index contributed by atoms with van der Waals surface area (Å²) in [4.78, 5) is 18.9. The third-order valence-electron chi connectivity index (χ3n) is 4.97. The number of hydrogen-bond acceptors (Lipinski definition) is 4. The standard InChI is InChI=1S/C18H23N5O2/c24-18(22-10-4-8-15(22)16-9-5-11-25-16)19-12-17-20-13-21-23(17)14-6-2-1-3-7-14/h1-3,6-7,13,15-16H,4-5,8-12H2,(H,19,24)/t15-,16+/m1/s1. The molecule has 2 fully saturated rings. The van der Waals surface area contributed by atoms with Crippen LogP contribution in [0.2, 0.25) is 0 Å². The summed E-state index contributed by atoms with van der Waals surface area (Å²) < 4.78 is 7.55. The molecular formula is C18H23N5O2. The van der Waals surface area contributed by atoms with E-state index in [1.165, 1.54) is 6.33 Å². The minimum Gasteiger partial charge on any atom is -0.376 e. The van der Waals surface area contributed by atoms with Gasteiger partial charge in [0.1, 0.15) is 6.33 Å². The largest absolute Gasteiger partial charge is 0.376 e. The molecule has 2 amide bonds. The Kier molecular flexibility index (Phi) is 4.65. The molecule has 3 heterocycles. The average Bonchev–Trinajstić information content (AvgIpc) is 3.41. The maximum absolute atomic E-state index is 12.7. The van der Waals surface area contributed by atoms with Gasteiger partial charge in [-0.15, -0.1) is 0 Å². The summed E-state index contributed by atoms with van der Waals surface area (Å²) >= 11 is 0. The fraction of sp³-hybridized carbons (Fsp3) is 0.500. The number of hydrogen-bond donors (Lipinski definition) is 1. The summed E-state index contributed by atoms with van der Waals surface area (Å²) in [5.74, 6) is 0.715. The third-order valence-corrected chi connectivity index (χ3v) is 4.97. The number of rotatable bonds is 4. The van der Waals surface area contributed by atoms with Crippen LogP contribution >= 0.6 is 0 Å². The van der Waals surface area contributed by atoms with E-state index in [1.807, 2.05) is 35.2 Å². The van der Waals surface area contributed by atoms with Crippen LogP contribution in [0.4, 0.5) is 4.79 Å². The van der Waals surface area contributed by atoms with E-state index in [4.69, 9.17) is 4.74 Å². The molecule has 0 saturated carbocycles. The highest BCUT2D eigenvalue weighted by molar-refractivity contribution is 5.74. The predicted octanol–water partition coefficient (Wildman–Crippen LogP) is 2.12. The van der Waals surface area contributed by atoms with Gasteiger partial charge in [0.25, 0.3) is 0 Å². The van der Waals surface area contributed by atoms with Crippen molar-refractivity contribution in [3.63, 3.8) is 0 Å². The van der Waals surface area contributed by atoms with Crippen LogP contribution in [-0.4, -0.2) is 51.0 Å². The molecule has 25 heavy (non-hydrogen) atoms. The zero-order valence-corrected chi connectivity index (χ0v) is 14.2. The molecule has 132 valence electrons. The number of nitrogens with one attached hydrogen (secondary N) is 1. The first-order chi connectivity index (χ1) is 12.3. The van der Waals surface area contributed by atoms with Crippen molar-refractivity contribution in [2.75, 3.05) is 13.2 Å². The van der Waals surface area contributed by atoms with Gasteiger partial charge < -0.3 is 15.0 Å². The minimum atomic E-state index is -0.0411. The van der Waals surface area contributed by atoms with Crippen molar-refractivity contribution in [2.24, 2.45) is 0 Å². The fourth-order valence-corrected chi connectivity index (χ4v) is 3.76. The quantitative estimate of drug-likeness (QED) is 0.924. The second kappa shape index (κ2) is 7.23. The van der Waals surface area contributed by atoms with E-state index >= 15 is 0 Å². The first-order valence-corrected chi connectivity index (χ1v) is 8.93. The van der Waals surface area contributed by atoms with Crippen molar-refractivity contribution >= 4 is 6.03 Å². The normalized spacial score (nSPS) is 23.1. The van der Waals surface area contributed by atoms with Gasteiger partial charge in [-0.2, -0.15) is 5.10 Å². The van der Waals surface area contributed by atoms with Crippen LogP contribution in [0.25, 0.3) is 5.69 Å². The SMILES string of the molecule is O=C(NCc1ncnn1-c1ccccc1)N1CCC[C@@H]1[C@@H]1CCCO1. The molecule has 0 unspecified atom stereocenters. The second-order valence-corrected chi connectivity index (χ2v) is 6.54. The topological polar surface area (TPSA) is 72.3 Å². The van der Waals surface area contributed by atoms with Crippen LogP contribution in [0.15, 0.2) is 36.7 Å². The number of para-hydroxylation sites is 1. The van der Waals surface area contributed by atoms with Gasteiger partial charge in [-0.25, -0.2) is 14.5 Å². The van der Waals surface area contributed by atoms with Crippen LogP contribution in [0.5, 0.6) is 0 Å². The van der Waals surface area contributed by atoms with E-state index in [0.29, 0.717) is 12.4 Å². The van der Waals surface area contributed by atoms with E-state index in [0.717, 1.165) is 44.5 Å². The summed E-state index contributed by atoms with van der Waals surface area (Å²) in [6.45, 7) is 1.96. The summed E-state index contributed by atoms with van der Waals surface area (Å²) in [7, 11) is 0. The number of carbonyl (C=O) groups excluding carboxylic acids is 1. The molecule has 0 bridgehead atoms. The highest BCUT2D eigenvalue weighted by Gasteiger charge is 2.36. The molecule has 4 rings (SSSR count). The molecule has 1 aromatic heterocycles. The molecule has 1 N–H and O–H groups in total. The zero-order valence-electron chi connectivity index (χ0n) is 14.2. The summed E-state index contributed by atoms with van der Waals surface area (Å²) in [5, 5.41) is 7.26. The van der Waals surface area contributed by atoms with Crippen LogP contribution in [0.1, 0.15) is 31.5 Å². The molecule has 0 aliphatic carbocycles. The predicted molar refractivity (Wildman–Crippen MR) is 92.3 cm³/mol. The molecule has 2 saturated heterocycles. The number of ether oxygens (including phenoxy) is 1. The first kappa shape index (κ1) is 16.1. The zero-order chi connectivity index (χ0) is 17.1.